The molecule has 0 atom stereocenters. The number of aliphatic hydroxyl groups is 1. The fraction of sp³-hybridized carbons (Fsp3) is 0.357. The lowest BCUT2D eigenvalue weighted by Gasteiger charge is -2.07. The van der Waals surface area contributed by atoms with E-state index in [0.29, 0.717) is 31.7 Å². The number of hydrogen-bond acceptors (Lipinski definition) is 5. The van der Waals surface area contributed by atoms with Crippen LogP contribution in [0.15, 0.2) is 30.3 Å². The molecule has 1 N–H and O–H groups in total. The van der Waals surface area contributed by atoms with Crippen molar-refractivity contribution in [1.82, 2.24) is 15.0 Å². The summed E-state index contributed by atoms with van der Waals surface area (Å²) in [5.41, 5.74) is 1.07. The molecule has 1 heterocycles. The highest BCUT2D eigenvalue weighted by Crippen LogP contribution is 2.11. The zero-order chi connectivity index (χ0) is 14.2. The number of ether oxygens (including phenoxy) is 1. The number of para-hydroxylation sites is 1. The van der Waals surface area contributed by atoms with Crippen LogP contribution in [0.4, 0.5) is 0 Å². The van der Waals surface area contributed by atoms with Crippen molar-refractivity contribution in [3.8, 4) is 11.8 Å². The van der Waals surface area contributed by atoms with Crippen LogP contribution >= 0.6 is 0 Å². The minimum absolute atomic E-state index is 0.0850. The van der Waals surface area contributed by atoms with Crippen LogP contribution in [0, 0.1) is 11.3 Å². The van der Waals surface area contributed by atoms with Crippen molar-refractivity contribution in [2.75, 3.05) is 13.2 Å². The summed E-state index contributed by atoms with van der Waals surface area (Å²) in [5.74, 6) is 0.792. The normalized spacial score (nSPS) is 10.2. The van der Waals surface area contributed by atoms with Gasteiger partial charge in [-0.25, -0.2) is 4.68 Å². The average molecular weight is 272 g/mol. The fourth-order valence-electron chi connectivity index (χ4n) is 1.85. The Morgan fingerprint density at radius 1 is 1.30 bits per heavy atom. The first-order valence-corrected chi connectivity index (χ1v) is 6.46. The molecule has 0 unspecified atom stereocenters. The summed E-state index contributed by atoms with van der Waals surface area (Å²) in [7, 11) is 0. The smallest absolute Gasteiger partial charge is 0.185 e. The van der Waals surface area contributed by atoms with Crippen molar-refractivity contribution in [2.45, 2.75) is 19.4 Å². The molecule has 2 rings (SSSR count). The maximum absolute atomic E-state index is 9.02. The molecule has 0 bridgehead atoms. The minimum Gasteiger partial charge on any atom is -0.493 e. The van der Waals surface area contributed by atoms with E-state index in [4.69, 9.17) is 15.1 Å². The second kappa shape index (κ2) is 7.26. The fourth-order valence-corrected chi connectivity index (χ4v) is 1.85. The van der Waals surface area contributed by atoms with Gasteiger partial charge in [0.1, 0.15) is 11.8 Å². The van der Waals surface area contributed by atoms with Gasteiger partial charge in [0.25, 0.3) is 0 Å². The summed E-state index contributed by atoms with van der Waals surface area (Å²) in [6, 6.07) is 11.5. The van der Waals surface area contributed by atoms with Crippen molar-refractivity contribution in [1.29, 1.82) is 5.26 Å². The van der Waals surface area contributed by atoms with Gasteiger partial charge in [-0.3, -0.25) is 0 Å². The highest BCUT2D eigenvalue weighted by atomic mass is 16.5. The van der Waals surface area contributed by atoms with Crippen LogP contribution in [0.25, 0.3) is 0 Å². The zero-order valence-corrected chi connectivity index (χ0v) is 11.1. The van der Waals surface area contributed by atoms with Crippen molar-refractivity contribution in [3.05, 3.63) is 41.7 Å². The van der Waals surface area contributed by atoms with Gasteiger partial charge in [-0.05, 0) is 18.6 Å². The summed E-state index contributed by atoms with van der Waals surface area (Å²) in [6.45, 7) is 1.08. The summed E-state index contributed by atoms with van der Waals surface area (Å²) in [5, 5.41) is 25.6. The molecule has 2 aromatic rings. The quantitative estimate of drug-likeness (QED) is 0.817. The molecule has 1 aromatic heterocycles. The van der Waals surface area contributed by atoms with E-state index in [1.165, 1.54) is 0 Å². The van der Waals surface area contributed by atoms with E-state index in [1.54, 1.807) is 4.68 Å². The molecule has 0 fully saturated rings. The molecular weight excluding hydrogens is 256 g/mol. The largest absolute Gasteiger partial charge is 0.493 e. The van der Waals surface area contributed by atoms with Gasteiger partial charge in [0, 0.05) is 19.6 Å². The van der Waals surface area contributed by atoms with E-state index in [2.05, 4.69) is 10.3 Å². The van der Waals surface area contributed by atoms with Crippen LogP contribution in [-0.4, -0.2) is 33.3 Å². The number of benzene rings is 1. The van der Waals surface area contributed by atoms with E-state index < -0.39 is 0 Å². The Balaban J connectivity index is 1.97. The molecule has 6 heteroatoms. The predicted molar refractivity (Wildman–Crippen MR) is 72.1 cm³/mol. The zero-order valence-electron chi connectivity index (χ0n) is 11.1. The van der Waals surface area contributed by atoms with Crippen LogP contribution in [0.3, 0.4) is 0 Å². The van der Waals surface area contributed by atoms with Gasteiger partial charge in [0.05, 0.1) is 12.3 Å². The Hall–Kier alpha value is -2.39. The van der Waals surface area contributed by atoms with Crippen molar-refractivity contribution < 1.29 is 9.84 Å². The van der Waals surface area contributed by atoms with Crippen LogP contribution in [0.5, 0.6) is 5.75 Å². The Kier molecular flexibility index (Phi) is 5.09. The number of nitrogens with zero attached hydrogens (tertiary/aromatic N) is 4. The topological polar surface area (TPSA) is 84.0 Å². The molecule has 0 aliphatic rings. The first kappa shape index (κ1) is 14.0. The lowest BCUT2D eigenvalue weighted by molar-refractivity contribution is 0.273. The first-order chi connectivity index (χ1) is 9.85. The lowest BCUT2D eigenvalue weighted by Crippen LogP contribution is -2.11. The van der Waals surface area contributed by atoms with Crippen molar-refractivity contribution >= 4 is 0 Å². The van der Waals surface area contributed by atoms with E-state index in [1.807, 2.05) is 36.4 Å². The van der Waals surface area contributed by atoms with Crippen molar-refractivity contribution in [2.24, 2.45) is 0 Å². The van der Waals surface area contributed by atoms with Crippen LogP contribution < -0.4 is 4.74 Å². The minimum atomic E-state index is 0.0850. The number of rotatable bonds is 7. The predicted octanol–water partition coefficient (Wildman–Crippen LogP) is 1.15. The lowest BCUT2D eigenvalue weighted by atomic mass is 10.2. The molecule has 0 radical (unpaired) electrons. The third kappa shape index (κ3) is 3.56. The van der Waals surface area contributed by atoms with Gasteiger partial charge >= 0.3 is 0 Å². The second-order valence-electron chi connectivity index (χ2n) is 4.21. The van der Waals surface area contributed by atoms with Crippen LogP contribution in [0.2, 0.25) is 0 Å². The Bertz CT molecular complexity index is 575. The molecule has 20 heavy (non-hydrogen) atoms. The van der Waals surface area contributed by atoms with E-state index >= 15 is 0 Å². The highest BCUT2D eigenvalue weighted by Gasteiger charge is 2.12. The van der Waals surface area contributed by atoms with E-state index in [9.17, 15) is 0 Å². The second-order valence-corrected chi connectivity index (χ2v) is 4.21. The SMILES string of the molecule is N#Cc1nnn(CCCO)c1CCOc1ccccc1. The molecule has 104 valence electrons. The molecule has 0 saturated carbocycles. The Labute approximate surface area is 117 Å². The van der Waals surface area contributed by atoms with Crippen molar-refractivity contribution in [3.63, 3.8) is 0 Å². The number of aromatic nitrogens is 3. The monoisotopic (exact) mass is 272 g/mol. The summed E-state index contributed by atoms with van der Waals surface area (Å²) in [4.78, 5) is 0. The Morgan fingerprint density at radius 3 is 2.80 bits per heavy atom. The summed E-state index contributed by atoms with van der Waals surface area (Å²) >= 11 is 0. The molecular formula is C14H16N4O2. The Morgan fingerprint density at radius 2 is 2.10 bits per heavy atom. The molecule has 0 saturated heterocycles. The number of hydrogen-bond donors (Lipinski definition) is 1. The van der Waals surface area contributed by atoms with E-state index in [-0.39, 0.29) is 6.61 Å². The molecule has 0 spiro atoms. The molecule has 1 aromatic carbocycles. The standard InChI is InChI=1S/C14H16N4O2/c15-11-13-14(18(17-16-13)8-4-9-19)7-10-20-12-5-2-1-3-6-12/h1-3,5-6,19H,4,7-10H2. The third-order valence-corrected chi connectivity index (χ3v) is 2.82. The van der Waals surface area contributed by atoms with E-state index in [0.717, 1.165) is 11.4 Å². The maximum Gasteiger partial charge on any atom is 0.185 e. The van der Waals surface area contributed by atoms with Crippen LogP contribution in [0.1, 0.15) is 17.8 Å². The van der Waals surface area contributed by atoms with Gasteiger partial charge < -0.3 is 9.84 Å². The highest BCUT2D eigenvalue weighted by molar-refractivity contribution is 5.25. The van der Waals surface area contributed by atoms with Gasteiger partial charge in [-0.2, -0.15) is 5.26 Å². The number of aliphatic hydroxyl groups excluding tert-OH is 1. The molecule has 0 aliphatic carbocycles. The molecule has 6 nitrogen and oxygen atoms in total. The number of nitriles is 1. The van der Waals surface area contributed by atoms with Crippen LogP contribution in [-0.2, 0) is 13.0 Å². The van der Waals surface area contributed by atoms with Gasteiger partial charge in [0.15, 0.2) is 5.69 Å². The maximum atomic E-state index is 9.02. The van der Waals surface area contributed by atoms with Gasteiger partial charge in [-0.1, -0.05) is 23.4 Å². The van der Waals surface area contributed by atoms with Gasteiger partial charge in [-0.15, -0.1) is 5.10 Å². The third-order valence-electron chi connectivity index (χ3n) is 2.82. The molecule has 0 aliphatic heterocycles. The summed E-state index contributed by atoms with van der Waals surface area (Å²) < 4.78 is 7.27. The number of aryl methyl sites for hydroxylation is 1. The first-order valence-electron chi connectivity index (χ1n) is 6.46. The molecule has 0 amide bonds. The average Bonchev–Trinajstić information content (AvgIpc) is 2.88. The summed E-state index contributed by atoms with van der Waals surface area (Å²) in [6.07, 6.45) is 1.14. The van der Waals surface area contributed by atoms with Gasteiger partial charge in [0.2, 0.25) is 0 Å².